The van der Waals surface area contributed by atoms with Gasteiger partial charge in [0.15, 0.2) is 5.76 Å². The summed E-state index contributed by atoms with van der Waals surface area (Å²) in [5.41, 5.74) is 1.98. The number of halogens is 2. The van der Waals surface area contributed by atoms with E-state index in [-0.39, 0.29) is 23.8 Å². The van der Waals surface area contributed by atoms with Crippen LogP contribution < -0.4 is 4.90 Å². The van der Waals surface area contributed by atoms with Crippen LogP contribution in [0.3, 0.4) is 0 Å². The average Bonchev–Trinajstić information content (AvgIpc) is 3.02. The van der Waals surface area contributed by atoms with Crippen molar-refractivity contribution in [3.63, 3.8) is 0 Å². The summed E-state index contributed by atoms with van der Waals surface area (Å²) >= 11 is 6.27. The number of amides is 1. The van der Waals surface area contributed by atoms with Crippen molar-refractivity contribution in [3.05, 3.63) is 69.7 Å². The molecule has 1 spiro atoms. The number of hydrogen-bond donors (Lipinski definition) is 0. The molecule has 1 fully saturated rings. The average molecular weight is 503 g/mol. The molecule has 0 N–H and O–H groups in total. The van der Waals surface area contributed by atoms with Gasteiger partial charge in [-0.15, -0.1) is 0 Å². The topological polar surface area (TPSA) is 68.3 Å². The van der Waals surface area contributed by atoms with Gasteiger partial charge in [-0.25, -0.2) is 9.18 Å². The number of carbonyl (C=O) groups excluding carboxylic acids is 2. The maximum Gasteiger partial charge on any atom is 0.513 e. The minimum Gasteiger partial charge on any atom is -0.434 e. The lowest BCUT2D eigenvalue weighted by Gasteiger charge is -2.44. The molecule has 2 heterocycles. The third kappa shape index (κ3) is 4.53. The van der Waals surface area contributed by atoms with Crippen LogP contribution in [0, 0.1) is 19.7 Å². The second-order valence-electron chi connectivity index (χ2n) is 8.66. The number of aryl methyl sites for hydroxylation is 2. The molecule has 4 rings (SSSR count). The summed E-state index contributed by atoms with van der Waals surface area (Å²) in [5, 5.41) is 2.33. The fourth-order valence-corrected chi connectivity index (χ4v) is 5.41. The van der Waals surface area contributed by atoms with Crippen LogP contribution in [0.25, 0.3) is 5.57 Å². The van der Waals surface area contributed by atoms with Gasteiger partial charge in [-0.2, -0.15) is 5.06 Å². The van der Waals surface area contributed by atoms with Crippen LogP contribution in [0.1, 0.15) is 36.5 Å². The van der Waals surface area contributed by atoms with Crippen molar-refractivity contribution < 1.29 is 28.3 Å². The van der Waals surface area contributed by atoms with Gasteiger partial charge in [-0.1, -0.05) is 11.6 Å². The minimum absolute atomic E-state index is 0.126. The number of rotatable bonds is 5. The molecule has 0 atom stereocenters. The molecule has 2 aliphatic rings. The molecule has 0 aliphatic carbocycles. The lowest BCUT2D eigenvalue weighted by Crippen LogP contribution is -2.55. The van der Waals surface area contributed by atoms with Crippen LogP contribution >= 0.6 is 11.6 Å². The summed E-state index contributed by atoms with van der Waals surface area (Å²) in [4.78, 5) is 33.9. The quantitative estimate of drug-likeness (QED) is 0.508. The van der Waals surface area contributed by atoms with Gasteiger partial charge >= 0.3 is 6.16 Å². The molecule has 35 heavy (non-hydrogen) atoms. The van der Waals surface area contributed by atoms with Crippen LogP contribution in [0.2, 0.25) is 5.02 Å². The highest BCUT2D eigenvalue weighted by molar-refractivity contribution is 6.33. The van der Waals surface area contributed by atoms with E-state index in [1.54, 1.807) is 48.3 Å². The summed E-state index contributed by atoms with van der Waals surface area (Å²) in [7, 11) is 1.59. The van der Waals surface area contributed by atoms with Crippen molar-refractivity contribution in [1.29, 1.82) is 0 Å². The van der Waals surface area contributed by atoms with E-state index >= 15 is 0 Å². The molecule has 9 heteroatoms. The Kier molecular flexibility index (Phi) is 7.17. The molecule has 0 aromatic heterocycles. The van der Waals surface area contributed by atoms with E-state index in [0.717, 1.165) is 11.1 Å². The monoisotopic (exact) mass is 502 g/mol. The number of ether oxygens (including phenoxy) is 2. The largest absolute Gasteiger partial charge is 0.513 e. The first kappa shape index (κ1) is 25.2. The lowest BCUT2D eigenvalue weighted by atomic mass is 9.84. The van der Waals surface area contributed by atoms with Crippen LogP contribution in [0.4, 0.5) is 14.9 Å². The third-order valence-corrected chi connectivity index (χ3v) is 6.80. The van der Waals surface area contributed by atoms with Crippen molar-refractivity contribution in [1.82, 2.24) is 5.06 Å². The molecule has 2 aliphatic heterocycles. The maximum atomic E-state index is 14.2. The number of nitrogens with zero attached hydrogens (tertiary/aromatic N) is 2. The maximum absolute atomic E-state index is 14.2. The molecule has 7 nitrogen and oxygen atoms in total. The Morgan fingerprint density at radius 3 is 2.26 bits per heavy atom. The predicted molar refractivity (Wildman–Crippen MR) is 130 cm³/mol. The first-order valence-electron chi connectivity index (χ1n) is 11.5. The zero-order chi connectivity index (χ0) is 25.3. The van der Waals surface area contributed by atoms with Crippen LogP contribution in [0.15, 0.2) is 42.2 Å². The predicted octanol–water partition coefficient (Wildman–Crippen LogP) is 5.42. The summed E-state index contributed by atoms with van der Waals surface area (Å²) in [6.45, 7) is 6.50. The Hall–Kier alpha value is -2.94. The van der Waals surface area contributed by atoms with Crippen LogP contribution in [0.5, 0.6) is 0 Å². The van der Waals surface area contributed by atoms with Gasteiger partial charge in [0.2, 0.25) is 0 Å². The van der Waals surface area contributed by atoms with Crippen LogP contribution in [-0.2, 0) is 19.1 Å². The Morgan fingerprint density at radius 1 is 1.11 bits per heavy atom. The Balaban J connectivity index is 1.97. The number of benzene rings is 2. The van der Waals surface area contributed by atoms with E-state index < -0.39 is 17.5 Å². The molecular weight excluding hydrogens is 475 g/mol. The molecule has 1 saturated heterocycles. The molecule has 2 aromatic rings. The standard InChI is InChI=1S/C26H28ClFN2O5/c1-5-34-25(32)35-23-22(21-16(2)14-18(27)15-17(21)3)24(31)30(20-8-6-19(28)7-9-20)26(23)10-12-29(33-4)13-11-26/h6-9,14-15H,5,10-13H2,1-4H3. The zero-order valence-electron chi connectivity index (χ0n) is 20.2. The van der Waals surface area contributed by atoms with E-state index in [9.17, 15) is 14.0 Å². The highest BCUT2D eigenvalue weighted by Crippen LogP contribution is 2.50. The second-order valence-corrected chi connectivity index (χ2v) is 9.10. The number of hydrogen-bond acceptors (Lipinski definition) is 6. The highest BCUT2D eigenvalue weighted by Gasteiger charge is 2.56. The van der Waals surface area contributed by atoms with E-state index in [1.807, 2.05) is 13.8 Å². The molecule has 2 aromatic carbocycles. The number of hydroxylamine groups is 2. The van der Waals surface area contributed by atoms with E-state index in [4.69, 9.17) is 25.9 Å². The number of carbonyl (C=O) groups is 2. The van der Waals surface area contributed by atoms with E-state index in [1.165, 1.54) is 12.1 Å². The first-order valence-corrected chi connectivity index (χ1v) is 11.8. The fourth-order valence-electron chi connectivity index (χ4n) is 5.08. The number of piperidine rings is 1. The van der Waals surface area contributed by atoms with Gasteiger partial charge in [0.25, 0.3) is 5.91 Å². The molecule has 0 saturated carbocycles. The van der Waals surface area contributed by atoms with Gasteiger partial charge in [0.1, 0.15) is 11.4 Å². The molecule has 0 bridgehead atoms. The lowest BCUT2D eigenvalue weighted by molar-refractivity contribution is -0.150. The molecule has 186 valence electrons. The zero-order valence-corrected chi connectivity index (χ0v) is 20.9. The van der Waals surface area contributed by atoms with Crippen molar-refractivity contribution in [2.45, 2.75) is 39.2 Å². The normalized spacial score (nSPS) is 17.9. The molecule has 0 unspecified atom stereocenters. The summed E-state index contributed by atoms with van der Waals surface area (Å²) in [6, 6.07) is 9.28. The van der Waals surface area contributed by atoms with Gasteiger partial charge < -0.3 is 14.3 Å². The second kappa shape index (κ2) is 9.97. The highest BCUT2D eigenvalue weighted by atomic mass is 35.5. The van der Waals surface area contributed by atoms with Gasteiger partial charge in [0, 0.05) is 23.8 Å². The number of anilines is 1. The summed E-state index contributed by atoms with van der Waals surface area (Å²) in [6.07, 6.45) is -0.0338. The first-order chi connectivity index (χ1) is 16.7. The summed E-state index contributed by atoms with van der Waals surface area (Å²) < 4.78 is 24.7. The molecular formula is C26H28ClFN2O5. The Bertz CT molecular complexity index is 1150. The fraction of sp³-hybridized carbons (Fsp3) is 0.385. The molecule has 1 amide bonds. The SMILES string of the molecule is CCOC(=O)OC1=C(c2c(C)cc(Cl)cc2C)C(=O)N(c2ccc(F)cc2)C12CCN(OC)CC2. The summed E-state index contributed by atoms with van der Waals surface area (Å²) in [5.74, 6) is -0.519. The smallest absolute Gasteiger partial charge is 0.434 e. The molecule has 0 radical (unpaired) electrons. The van der Waals surface area contributed by atoms with Crippen molar-refractivity contribution in [2.75, 3.05) is 31.7 Å². The van der Waals surface area contributed by atoms with Crippen molar-refractivity contribution in [2.24, 2.45) is 0 Å². The Morgan fingerprint density at radius 2 is 1.71 bits per heavy atom. The van der Waals surface area contributed by atoms with Gasteiger partial charge in [-0.3, -0.25) is 9.69 Å². The van der Waals surface area contributed by atoms with Crippen LogP contribution in [-0.4, -0.2) is 49.5 Å². The Labute approximate surface area is 209 Å². The third-order valence-electron chi connectivity index (χ3n) is 6.58. The minimum atomic E-state index is -0.995. The van der Waals surface area contributed by atoms with Crippen molar-refractivity contribution >= 4 is 34.9 Å². The van der Waals surface area contributed by atoms with E-state index in [2.05, 4.69) is 0 Å². The van der Waals surface area contributed by atoms with Gasteiger partial charge in [-0.05, 0) is 86.7 Å². The van der Waals surface area contributed by atoms with Crippen molar-refractivity contribution in [3.8, 4) is 0 Å². The van der Waals surface area contributed by atoms with E-state index in [0.29, 0.717) is 42.2 Å². The van der Waals surface area contributed by atoms with Gasteiger partial charge in [0.05, 0.1) is 19.3 Å².